The second-order valence-electron chi connectivity index (χ2n) is 7.06. The number of nitrogens with zero attached hydrogens (tertiary/aromatic N) is 3. The van der Waals surface area contributed by atoms with Crippen LogP contribution in [-0.2, 0) is 20.9 Å². The Bertz CT molecular complexity index is 1190. The Morgan fingerprint density at radius 2 is 1.97 bits per heavy atom. The highest BCUT2D eigenvalue weighted by atomic mass is 35.5. The molecule has 0 N–H and O–H groups in total. The van der Waals surface area contributed by atoms with Gasteiger partial charge in [0.25, 0.3) is 0 Å². The molecule has 1 amide bonds. The monoisotopic (exact) mass is 489 g/mol. The van der Waals surface area contributed by atoms with E-state index in [0.29, 0.717) is 21.5 Å². The molecule has 0 aliphatic rings. The summed E-state index contributed by atoms with van der Waals surface area (Å²) in [6.07, 6.45) is 0. The van der Waals surface area contributed by atoms with Crippen LogP contribution in [0.3, 0.4) is 0 Å². The number of hydrogen-bond acceptors (Lipinski definition) is 8. The maximum atomic E-state index is 12.4. The molecule has 0 atom stereocenters. The van der Waals surface area contributed by atoms with Crippen molar-refractivity contribution in [3.05, 3.63) is 73.7 Å². The van der Waals surface area contributed by atoms with Gasteiger partial charge in [0.1, 0.15) is 6.61 Å². The molecule has 9 nitrogen and oxygen atoms in total. The second kappa shape index (κ2) is 10.4. The van der Waals surface area contributed by atoms with Gasteiger partial charge in [-0.3, -0.25) is 19.8 Å². The quantitative estimate of drug-likeness (QED) is 0.245. The topological polar surface area (TPSA) is 112 Å². The molecule has 0 saturated carbocycles. The van der Waals surface area contributed by atoms with Crippen LogP contribution in [0.4, 0.5) is 16.5 Å². The molecule has 0 aliphatic heterocycles. The zero-order valence-corrected chi connectivity index (χ0v) is 19.6. The van der Waals surface area contributed by atoms with E-state index < -0.39 is 17.5 Å². The summed E-state index contributed by atoms with van der Waals surface area (Å²) in [6.45, 7) is 4.53. The first-order chi connectivity index (χ1) is 15.7. The number of carbonyl (C=O) groups excluding carboxylic acids is 2. The molecular formula is C22H20ClN3O6S. The number of benzene rings is 2. The smallest absolute Gasteiger partial charge is 0.344 e. The number of carbonyl (C=O) groups is 2. The number of aromatic nitrogens is 1. The summed E-state index contributed by atoms with van der Waals surface area (Å²) in [6, 6.07) is 9.43. The van der Waals surface area contributed by atoms with Crippen molar-refractivity contribution in [3.8, 4) is 5.75 Å². The second-order valence-corrected chi connectivity index (χ2v) is 8.31. The first-order valence-corrected chi connectivity index (χ1v) is 11.0. The summed E-state index contributed by atoms with van der Waals surface area (Å²) in [5.41, 5.74) is 2.53. The number of nitro groups is 1. The summed E-state index contributed by atoms with van der Waals surface area (Å²) in [5.74, 6) is -1.01. The molecule has 1 heterocycles. The lowest BCUT2D eigenvalue weighted by molar-refractivity contribution is -0.385. The van der Waals surface area contributed by atoms with E-state index in [9.17, 15) is 19.7 Å². The summed E-state index contributed by atoms with van der Waals surface area (Å²) in [7, 11) is 0. The molecule has 3 rings (SSSR count). The van der Waals surface area contributed by atoms with Gasteiger partial charge in [0, 0.05) is 18.4 Å². The molecule has 0 unspecified atom stereocenters. The SMILES string of the molecule is CC(=O)N(c1nc(COC(=O)COc2ccccc2[N+](=O)[O-])cs1)c1c(C)cc(C)cc1Cl. The molecular weight excluding hydrogens is 470 g/mol. The van der Waals surface area contributed by atoms with Crippen molar-refractivity contribution >= 4 is 51.3 Å². The van der Waals surface area contributed by atoms with E-state index in [0.717, 1.165) is 11.1 Å². The first-order valence-electron chi connectivity index (χ1n) is 9.71. The molecule has 0 bridgehead atoms. The number of rotatable bonds is 8. The summed E-state index contributed by atoms with van der Waals surface area (Å²) in [5, 5.41) is 13.5. The lowest BCUT2D eigenvalue weighted by atomic mass is 10.1. The molecule has 11 heteroatoms. The standard InChI is InChI=1S/C22H20ClN3O6S/c1-13-8-14(2)21(17(23)9-13)25(15(3)27)22-24-16(12-33-22)10-32-20(28)11-31-19-7-5-4-6-18(19)26(29)30/h4-9,12H,10-11H2,1-3H3. The minimum atomic E-state index is -0.719. The molecule has 0 radical (unpaired) electrons. The van der Waals surface area contributed by atoms with Crippen LogP contribution in [0.2, 0.25) is 5.02 Å². The summed E-state index contributed by atoms with van der Waals surface area (Å²) >= 11 is 7.61. The number of nitro benzene ring substituents is 1. The van der Waals surface area contributed by atoms with Crippen molar-refractivity contribution in [2.75, 3.05) is 11.5 Å². The van der Waals surface area contributed by atoms with Gasteiger partial charge >= 0.3 is 11.7 Å². The number of esters is 1. The molecule has 0 saturated heterocycles. The van der Waals surface area contributed by atoms with Crippen molar-refractivity contribution in [1.29, 1.82) is 0 Å². The van der Waals surface area contributed by atoms with Crippen LogP contribution in [0, 0.1) is 24.0 Å². The lowest BCUT2D eigenvalue weighted by Gasteiger charge is -2.22. The molecule has 33 heavy (non-hydrogen) atoms. The van der Waals surface area contributed by atoms with Gasteiger partial charge in [-0.1, -0.05) is 29.8 Å². The fourth-order valence-electron chi connectivity index (χ4n) is 3.11. The highest BCUT2D eigenvalue weighted by molar-refractivity contribution is 7.14. The predicted octanol–water partition coefficient (Wildman–Crippen LogP) is 5.13. The van der Waals surface area contributed by atoms with Crippen LogP contribution in [0.15, 0.2) is 41.8 Å². The number of thiazole rings is 1. The highest BCUT2D eigenvalue weighted by Gasteiger charge is 2.23. The largest absolute Gasteiger partial charge is 0.475 e. The third-order valence-electron chi connectivity index (χ3n) is 4.46. The fraction of sp³-hybridized carbons (Fsp3) is 0.227. The number of halogens is 1. The van der Waals surface area contributed by atoms with Crippen LogP contribution in [-0.4, -0.2) is 28.4 Å². The van der Waals surface area contributed by atoms with E-state index in [2.05, 4.69) is 4.98 Å². The number of aryl methyl sites for hydroxylation is 2. The van der Waals surface area contributed by atoms with Crippen LogP contribution in [0.5, 0.6) is 5.75 Å². The number of amides is 1. The Balaban J connectivity index is 1.66. The van der Waals surface area contributed by atoms with E-state index in [1.807, 2.05) is 19.9 Å². The van der Waals surface area contributed by atoms with Crippen LogP contribution < -0.4 is 9.64 Å². The maximum Gasteiger partial charge on any atom is 0.344 e. The van der Waals surface area contributed by atoms with Crippen LogP contribution >= 0.6 is 22.9 Å². The van der Waals surface area contributed by atoms with Crippen molar-refractivity contribution in [1.82, 2.24) is 4.98 Å². The fourth-order valence-corrected chi connectivity index (χ4v) is 4.37. The minimum Gasteiger partial charge on any atom is -0.475 e. The number of ether oxygens (including phenoxy) is 2. The Hall–Kier alpha value is -3.50. The molecule has 2 aromatic carbocycles. The number of hydrogen-bond donors (Lipinski definition) is 0. The Kier molecular flexibility index (Phi) is 7.62. The molecule has 1 aromatic heterocycles. The van der Waals surface area contributed by atoms with Gasteiger partial charge in [-0.05, 0) is 37.1 Å². The maximum absolute atomic E-state index is 12.4. The van der Waals surface area contributed by atoms with Crippen LogP contribution in [0.1, 0.15) is 23.7 Å². The average molecular weight is 490 g/mol. The molecule has 0 spiro atoms. The summed E-state index contributed by atoms with van der Waals surface area (Å²) in [4.78, 5) is 40.7. The Morgan fingerprint density at radius 1 is 1.24 bits per heavy atom. The minimum absolute atomic E-state index is 0.0298. The molecule has 0 fully saturated rings. The van der Waals surface area contributed by atoms with Gasteiger partial charge in [-0.2, -0.15) is 0 Å². The molecule has 0 aliphatic carbocycles. The van der Waals surface area contributed by atoms with E-state index in [-0.39, 0.29) is 24.0 Å². The van der Waals surface area contributed by atoms with Gasteiger partial charge in [0.2, 0.25) is 5.91 Å². The molecule has 172 valence electrons. The van der Waals surface area contributed by atoms with Gasteiger partial charge in [-0.25, -0.2) is 9.78 Å². The normalized spacial score (nSPS) is 10.5. The van der Waals surface area contributed by atoms with Crippen LogP contribution in [0.25, 0.3) is 0 Å². The van der Waals surface area contributed by atoms with Gasteiger partial charge in [0.15, 0.2) is 17.5 Å². The predicted molar refractivity (Wildman–Crippen MR) is 124 cm³/mol. The van der Waals surface area contributed by atoms with Crippen molar-refractivity contribution < 1.29 is 24.0 Å². The Morgan fingerprint density at radius 3 is 2.64 bits per heavy atom. The van der Waals surface area contributed by atoms with Crippen molar-refractivity contribution in [2.24, 2.45) is 0 Å². The van der Waals surface area contributed by atoms with E-state index in [4.69, 9.17) is 21.1 Å². The van der Waals surface area contributed by atoms with E-state index >= 15 is 0 Å². The van der Waals surface area contributed by atoms with E-state index in [1.54, 1.807) is 17.5 Å². The molecule has 3 aromatic rings. The highest BCUT2D eigenvalue weighted by Crippen LogP contribution is 2.37. The zero-order chi connectivity index (χ0) is 24.1. The van der Waals surface area contributed by atoms with Gasteiger partial charge in [0.05, 0.1) is 21.3 Å². The van der Waals surface area contributed by atoms with Gasteiger partial charge in [-0.15, -0.1) is 11.3 Å². The number of anilines is 2. The average Bonchev–Trinajstić information content (AvgIpc) is 3.21. The first kappa shape index (κ1) is 24.1. The third-order valence-corrected chi connectivity index (χ3v) is 5.62. The van der Waals surface area contributed by atoms with E-state index in [1.165, 1.54) is 41.4 Å². The summed E-state index contributed by atoms with van der Waals surface area (Å²) < 4.78 is 10.4. The lowest BCUT2D eigenvalue weighted by Crippen LogP contribution is -2.24. The third kappa shape index (κ3) is 5.85. The van der Waals surface area contributed by atoms with Gasteiger partial charge < -0.3 is 9.47 Å². The Labute approximate surface area is 198 Å². The van der Waals surface area contributed by atoms with Crippen molar-refractivity contribution in [2.45, 2.75) is 27.4 Å². The zero-order valence-electron chi connectivity index (χ0n) is 18.0. The van der Waals surface area contributed by atoms with Crippen molar-refractivity contribution in [3.63, 3.8) is 0 Å². The number of para-hydroxylation sites is 2.